The van der Waals surface area contributed by atoms with E-state index in [-0.39, 0.29) is 39.8 Å². The molecule has 0 N–H and O–H groups in total. The van der Waals surface area contributed by atoms with E-state index < -0.39 is 8.32 Å². The van der Waals surface area contributed by atoms with E-state index in [0.717, 1.165) is 18.6 Å². The van der Waals surface area contributed by atoms with Crippen molar-refractivity contribution in [2.45, 2.75) is 58.7 Å². The Kier molecular flexibility index (Phi) is 3.57. The molecule has 126 valence electrons. The van der Waals surface area contributed by atoms with Crippen LogP contribution in [0.2, 0.25) is 18.1 Å². The highest BCUT2D eigenvalue weighted by molar-refractivity contribution is 6.74. The highest BCUT2D eigenvalue weighted by Crippen LogP contribution is 2.59. The largest absolute Gasteiger partial charge is 0.546 e. The molecular formula is C19H28O3Si. The summed E-state index contributed by atoms with van der Waals surface area (Å²) in [7, 11) is -1.95. The van der Waals surface area contributed by atoms with Gasteiger partial charge in [-0.1, -0.05) is 27.7 Å². The van der Waals surface area contributed by atoms with Gasteiger partial charge in [0.2, 0.25) is 8.32 Å². The van der Waals surface area contributed by atoms with Crippen LogP contribution in [0.1, 0.15) is 40.5 Å². The topological polar surface area (TPSA) is 43.4 Å². The summed E-state index contributed by atoms with van der Waals surface area (Å²) in [6.45, 7) is 13.3. The van der Waals surface area contributed by atoms with Crippen molar-refractivity contribution in [2.75, 3.05) is 0 Å². The molecule has 2 unspecified atom stereocenters. The molecule has 4 heteroatoms. The van der Waals surface area contributed by atoms with Crippen molar-refractivity contribution in [3.63, 3.8) is 0 Å². The second-order valence-corrected chi connectivity index (χ2v) is 13.9. The Morgan fingerprint density at radius 3 is 2.39 bits per heavy atom. The van der Waals surface area contributed by atoms with E-state index >= 15 is 0 Å². The fourth-order valence-corrected chi connectivity index (χ4v) is 5.27. The lowest BCUT2D eigenvalue weighted by atomic mass is 9.51. The molecule has 4 rings (SSSR count). The van der Waals surface area contributed by atoms with Crippen LogP contribution in [0.4, 0.5) is 0 Å². The third kappa shape index (κ3) is 2.37. The number of carbonyl (C=O) groups excluding carboxylic acids is 2. The first-order valence-electron chi connectivity index (χ1n) is 8.64. The molecule has 1 fully saturated rings. The van der Waals surface area contributed by atoms with E-state index in [1.165, 1.54) is 12.2 Å². The molecule has 0 aliphatic heterocycles. The van der Waals surface area contributed by atoms with E-state index in [4.69, 9.17) is 4.43 Å². The van der Waals surface area contributed by atoms with Crippen LogP contribution in [0.25, 0.3) is 0 Å². The first-order valence-corrected chi connectivity index (χ1v) is 11.6. The summed E-state index contributed by atoms with van der Waals surface area (Å²) in [6, 6.07) is 0. The Morgan fingerprint density at radius 1 is 1.17 bits per heavy atom. The minimum absolute atomic E-state index is 0.103. The highest BCUT2D eigenvalue weighted by atomic mass is 28.4. The zero-order valence-electron chi connectivity index (χ0n) is 15.1. The van der Waals surface area contributed by atoms with Gasteiger partial charge in [-0.25, -0.2) is 0 Å². The number of carbonyl (C=O) groups is 2. The molecule has 4 aliphatic rings. The van der Waals surface area contributed by atoms with Gasteiger partial charge in [-0.2, -0.15) is 0 Å². The second kappa shape index (κ2) is 4.92. The van der Waals surface area contributed by atoms with Crippen molar-refractivity contribution in [3.8, 4) is 0 Å². The quantitative estimate of drug-likeness (QED) is 0.710. The van der Waals surface area contributed by atoms with Crippen LogP contribution in [0, 0.1) is 23.2 Å². The van der Waals surface area contributed by atoms with Crippen molar-refractivity contribution >= 4 is 19.9 Å². The predicted molar refractivity (Wildman–Crippen MR) is 93.3 cm³/mol. The molecule has 0 aromatic carbocycles. The van der Waals surface area contributed by atoms with Gasteiger partial charge in [0.05, 0.1) is 5.76 Å². The molecule has 4 aliphatic carbocycles. The number of rotatable bonds is 2. The van der Waals surface area contributed by atoms with E-state index in [2.05, 4.69) is 46.9 Å². The minimum atomic E-state index is -1.95. The first kappa shape index (κ1) is 16.7. The van der Waals surface area contributed by atoms with Crippen LogP contribution in [-0.4, -0.2) is 19.9 Å². The van der Waals surface area contributed by atoms with Crippen LogP contribution in [0.3, 0.4) is 0 Å². The van der Waals surface area contributed by atoms with Gasteiger partial charge in [0.25, 0.3) is 0 Å². The SMILES string of the molecule is CC12CCC(C=C1O[Si](C)(C)C(C)(C)C)[C@H]1C(=O)C=CC(=O)[C@H]12. The van der Waals surface area contributed by atoms with Crippen LogP contribution >= 0.6 is 0 Å². The van der Waals surface area contributed by atoms with E-state index in [1.807, 2.05) is 0 Å². The minimum Gasteiger partial charge on any atom is -0.546 e. The van der Waals surface area contributed by atoms with Crippen molar-refractivity contribution in [1.82, 2.24) is 0 Å². The zero-order valence-corrected chi connectivity index (χ0v) is 16.1. The lowest BCUT2D eigenvalue weighted by Crippen LogP contribution is -2.55. The average Bonchev–Trinajstić information content (AvgIpc) is 2.42. The summed E-state index contributed by atoms with van der Waals surface area (Å²) >= 11 is 0. The molecular weight excluding hydrogens is 304 g/mol. The van der Waals surface area contributed by atoms with Gasteiger partial charge in [-0.05, 0) is 55.1 Å². The Hall–Kier alpha value is -1.16. The van der Waals surface area contributed by atoms with E-state index in [9.17, 15) is 9.59 Å². The van der Waals surface area contributed by atoms with Crippen molar-refractivity contribution in [1.29, 1.82) is 0 Å². The van der Waals surface area contributed by atoms with Gasteiger partial charge < -0.3 is 4.43 Å². The molecule has 4 atom stereocenters. The first-order chi connectivity index (χ1) is 10.5. The summed E-state index contributed by atoms with van der Waals surface area (Å²) in [5.74, 6) is 0.960. The zero-order chi connectivity index (χ0) is 17.2. The Bertz CT molecular complexity index is 623. The lowest BCUT2D eigenvalue weighted by molar-refractivity contribution is -0.140. The molecule has 23 heavy (non-hydrogen) atoms. The molecule has 3 nitrogen and oxygen atoms in total. The van der Waals surface area contributed by atoms with Gasteiger partial charge >= 0.3 is 0 Å². The summed E-state index contributed by atoms with van der Waals surface area (Å²) < 4.78 is 6.63. The molecule has 0 aromatic rings. The molecule has 0 heterocycles. The van der Waals surface area contributed by atoms with Gasteiger partial charge in [-0.3, -0.25) is 9.59 Å². The maximum absolute atomic E-state index is 12.6. The Balaban J connectivity index is 2.01. The van der Waals surface area contributed by atoms with Gasteiger partial charge in [0, 0.05) is 17.3 Å². The summed E-state index contributed by atoms with van der Waals surface area (Å²) in [5, 5.41) is 0.118. The summed E-state index contributed by atoms with van der Waals surface area (Å²) in [5.41, 5.74) is -0.327. The molecule has 0 radical (unpaired) electrons. The van der Waals surface area contributed by atoms with Crippen LogP contribution in [-0.2, 0) is 14.0 Å². The summed E-state index contributed by atoms with van der Waals surface area (Å²) in [4.78, 5) is 24.9. The molecule has 1 saturated carbocycles. The van der Waals surface area contributed by atoms with E-state index in [1.54, 1.807) is 0 Å². The second-order valence-electron chi connectivity index (χ2n) is 9.15. The smallest absolute Gasteiger partial charge is 0.250 e. The monoisotopic (exact) mass is 332 g/mol. The molecule has 0 saturated heterocycles. The fourth-order valence-electron chi connectivity index (χ4n) is 4.12. The number of hydrogen-bond donors (Lipinski definition) is 0. The maximum atomic E-state index is 12.6. The third-order valence-corrected chi connectivity index (χ3v) is 11.0. The number of allylic oxidation sites excluding steroid dienone is 4. The van der Waals surface area contributed by atoms with Gasteiger partial charge in [0.1, 0.15) is 0 Å². The molecule has 0 amide bonds. The number of hydrogen-bond acceptors (Lipinski definition) is 3. The predicted octanol–water partition coefficient (Wildman–Crippen LogP) is 4.26. The average molecular weight is 333 g/mol. The maximum Gasteiger partial charge on any atom is 0.250 e. The number of fused-ring (bicyclic) bond motifs is 1. The van der Waals surface area contributed by atoms with Gasteiger partial charge in [0.15, 0.2) is 11.6 Å². The van der Waals surface area contributed by atoms with Crippen LogP contribution < -0.4 is 0 Å². The third-order valence-electron chi connectivity index (χ3n) is 6.65. The highest BCUT2D eigenvalue weighted by Gasteiger charge is 2.59. The van der Waals surface area contributed by atoms with E-state index in [0.29, 0.717) is 0 Å². The molecule has 0 spiro atoms. The summed E-state index contributed by atoms with van der Waals surface area (Å²) in [6.07, 6.45) is 7.06. The van der Waals surface area contributed by atoms with Crippen molar-refractivity contribution < 1.29 is 14.0 Å². The van der Waals surface area contributed by atoms with Crippen molar-refractivity contribution in [3.05, 3.63) is 24.0 Å². The molecule has 0 aromatic heterocycles. The van der Waals surface area contributed by atoms with Crippen LogP contribution in [0.5, 0.6) is 0 Å². The standard InChI is InChI=1S/C19H28O3Si/c1-18(2,3)23(5,6)22-15-11-12-9-10-19(15,4)17-14(21)8-7-13(20)16(12)17/h7-8,11-12,16-17H,9-10H2,1-6H3/t12?,16-,17+,19?/m0/s1. The number of ketones is 2. The fraction of sp³-hybridized carbons (Fsp3) is 0.684. The lowest BCUT2D eigenvalue weighted by Gasteiger charge is -2.55. The van der Waals surface area contributed by atoms with Crippen LogP contribution in [0.15, 0.2) is 24.0 Å². The van der Waals surface area contributed by atoms with Crippen molar-refractivity contribution in [2.24, 2.45) is 23.2 Å². The Morgan fingerprint density at radius 2 is 1.78 bits per heavy atom. The normalized spacial score (nSPS) is 36.8. The van der Waals surface area contributed by atoms with Gasteiger partial charge in [-0.15, -0.1) is 0 Å². The molecule has 2 bridgehead atoms. The Labute approximate surface area is 140 Å².